The van der Waals surface area contributed by atoms with Crippen LogP contribution in [0.3, 0.4) is 0 Å². The Labute approximate surface area is 102 Å². The summed E-state index contributed by atoms with van der Waals surface area (Å²) in [5, 5.41) is 10.6. The Hall–Kier alpha value is -0.0800. The summed E-state index contributed by atoms with van der Waals surface area (Å²) in [7, 11) is 0. The van der Waals surface area contributed by atoms with Gasteiger partial charge in [0.25, 0.3) is 0 Å². The van der Waals surface area contributed by atoms with Gasteiger partial charge in [-0.25, -0.2) is 0 Å². The summed E-state index contributed by atoms with van der Waals surface area (Å²) in [5.41, 5.74) is 0. The summed E-state index contributed by atoms with van der Waals surface area (Å²) in [4.78, 5) is 0. The molecule has 0 aromatic heterocycles. The molecule has 2 nitrogen and oxygen atoms in total. The fourth-order valence-corrected chi connectivity index (χ4v) is 1.94. The van der Waals surface area contributed by atoms with Crippen LogP contribution in [0, 0.1) is 0 Å². The van der Waals surface area contributed by atoms with Crippen molar-refractivity contribution in [3.63, 3.8) is 0 Å². The van der Waals surface area contributed by atoms with Gasteiger partial charge < -0.3 is 5.21 Å². The molecule has 0 bridgehead atoms. The lowest BCUT2D eigenvalue weighted by Gasteiger charge is -2.10. The van der Waals surface area contributed by atoms with Gasteiger partial charge in [-0.2, -0.15) is 5.06 Å². The summed E-state index contributed by atoms with van der Waals surface area (Å²) < 4.78 is 0. The molecule has 0 aromatic rings. The minimum Gasteiger partial charge on any atom is -0.314 e. The molecule has 0 saturated heterocycles. The molecule has 0 spiro atoms. The van der Waals surface area contributed by atoms with E-state index in [4.69, 9.17) is 0 Å². The number of rotatable bonds is 12. The van der Waals surface area contributed by atoms with Gasteiger partial charge in [-0.05, 0) is 6.42 Å². The zero-order chi connectivity index (χ0) is 12.1. The minimum atomic E-state index is 0.747. The Morgan fingerprint density at radius 2 is 1.12 bits per heavy atom. The van der Waals surface area contributed by atoms with Crippen molar-refractivity contribution in [3.8, 4) is 0 Å². The van der Waals surface area contributed by atoms with Crippen LogP contribution in [-0.4, -0.2) is 23.4 Å². The van der Waals surface area contributed by atoms with Gasteiger partial charge in [0.2, 0.25) is 0 Å². The van der Waals surface area contributed by atoms with Crippen molar-refractivity contribution in [2.24, 2.45) is 0 Å². The summed E-state index contributed by atoms with van der Waals surface area (Å²) >= 11 is 0. The highest BCUT2D eigenvalue weighted by atomic mass is 16.5. The van der Waals surface area contributed by atoms with Crippen LogP contribution >= 0.6 is 0 Å². The van der Waals surface area contributed by atoms with Crippen molar-refractivity contribution < 1.29 is 5.21 Å². The van der Waals surface area contributed by atoms with Crippen molar-refractivity contribution in [1.82, 2.24) is 5.06 Å². The Kier molecular flexibility index (Phi) is 12.9. The molecule has 0 aliphatic rings. The van der Waals surface area contributed by atoms with Crippen LogP contribution in [0.1, 0.15) is 78.1 Å². The van der Waals surface area contributed by atoms with Gasteiger partial charge in [0.15, 0.2) is 0 Å². The Morgan fingerprint density at radius 1 is 0.688 bits per heavy atom. The lowest BCUT2D eigenvalue weighted by molar-refractivity contribution is -0.0869. The van der Waals surface area contributed by atoms with E-state index in [1.54, 1.807) is 0 Å². The van der Waals surface area contributed by atoms with Crippen molar-refractivity contribution in [3.05, 3.63) is 0 Å². The highest BCUT2D eigenvalue weighted by Crippen LogP contribution is 2.10. The molecule has 0 amide bonds. The van der Waals surface area contributed by atoms with Crippen LogP contribution in [0.4, 0.5) is 0 Å². The van der Waals surface area contributed by atoms with Gasteiger partial charge in [0.1, 0.15) is 0 Å². The number of hydrogen-bond acceptors (Lipinski definition) is 2. The molecule has 0 saturated carbocycles. The van der Waals surface area contributed by atoms with Crippen LogP contribution < -0.4 is 0 Å². The van der Waals surface area contributed by atoms with Gasteiger partial charge >= 0.3 is 0 Å². The van der Waals surface area contributed by atoms with E-state index < -0.39 is 0 Å². The van der Waals surface area contributed by atoms with Gasteiger partial charge in [0, 0.05) is 13.1 Å². The van der Waals surface area contributed by atoms with Crippen LogP contribution in [-0.2, 0) is 0 Å². The van der Waals surface area contributed by atoms with E-state index in [2.05, 4.69) is 6.92 Å². The first-order valence-corrected chi connectivity index (χ1v) is 7.25. The molecule has 2 heteroatoms. The molecule has 1 N–H and O–H groups in total. The fraction of sp³-hybridized carbons (Fsp3) is 1.00. The number of hydroxylamine groups is 2. The van der Waals surface area contributed by atoms with Gasteiger partial charge in [-0.1, -0.05) is 71.6 Å². The highest BCUT2D eigenvalue weighted by molar-refractivity contribution is 4.48. The molecule has 0 aromatic carbocycles. The summed E-state index contributed by atoms with van der Waals surface area (Å²) in [5.74, 6) is 0. The zero-order valence-corrected chi connectivity index (χ0v) is 11.4. The predicted molar refractivity (Wildman–Crippen MR) is 70.9 cm³/mol. The van der Waals surface area contributed by atoms with Gasteiger partial charge in [0.05, 0.1) is 0 Å². The van der Waals surface area contributed by atoms with Crippen molar-refractivity contribution in [2.75, 3.05) is 13.1 Å². The average Bonchev–Trinajstić information content (AvgIpc) is 2.31. The second-order valence-corrected chi connectivity index (χ2v) is 4.73. The second-order valence-electron chi connectivity index (χ2n) is 4.73. The highest BCUT2D eigenvalue weighted by Gasteiger charge is 1.96. The maximum Gasteiger partial charge on any atom is 0.0238 e. The molecule has 0 unspecified atom stereocenters. The first-order chi connectivity index (χ1) is 7.81. The van der Waals surface area contributed by atoms with E-state index in [0.717, 1.165) is 19.5 Å². The van der Waals surface area contributed by atoms with Crippen LogP contribution in [0.25, 0.3) is 0 Å². The summed E-state index contributed by atoms with van der Waals surface area (Å²) in [6, 6.07) is 0. The smallest absolute Gasteiger partial charge is 0.0238 e. The molecule has 16 heavy (non-hydrogen) atoms. The molecule has 0 radical (unpaired) electrons. The van der Waals surface area contributed by atoms with E-state index in [1.165, 1.54) is 62.9 Å². The third-order valence-electron chi connectivity index (χ3n) is 3.13. The Morgan fingerprint density at radius 3 is 1.56 bits per heavy atom. The molecule has 0 aliphatic carbocycles. The lowest BCUT2D eigenvalue weighted by Crippen LogP contribution is -2.19. The normalized spacial score (nSPS) is 11.2. The number of hydrogen-bond donors (Lipinski definition) is 1. The fourth-order valence-electron chi connectivity index (χ4n) is 1.94. The Balaban J connectivity index is 2.93. The Bertz CT molecular complexity index is 128. The minimum absolute atomic E-state index is 0.747. The molecular formula is C14H31NO. The van der Waals surface area contributed by atoms with Crippen LogP contribution in [0.15, 0.2) is 0 Å². The monoisotopic (exact) mass is 229 g/mol. The zero-order valence-electron chi connectivity index (χ0n) is 11.4. The topological polar surface area (TPSA) is 23.5 Å². The van der Waals surface area contributed by atoms with Crippen molar-refractivity contribution >= 4 is 0 Å². The summed E-state index contributed by atoms with van der Waals surface area (Å²) in [6.07, 6.45) is 13.5. The van der Waals surface area contributed by atoms with E-state index in [-0.39, 0.29) is 0 Å². The van der Waals surface area contributed by atoms with Crippen LogP contribution in [0.2, 0.25) is 0 Å². The second kappa shape index (κ2) is 13.0. The molecule has 0 heterocycles. The van der Waals surface area contributed by atoms with Crippen LogP contribution in [0.5, 0.6) is 0 Å². The average molecular weight is 229 g/mol. The van der Waals surface area contributed by atoms with Gasteiger partial charge in [-0.3, -0.25) is 0 Å². The van der Waals surface area contributed by atoms with Crippen molar-refractivity contribution in [2.45, 2.75) is 78.1 Å². The third-order valence-corrected chi connectivity index (χ3v) is 3.13. The van der Waals surface area contributed by atoms with Gasteiger partial charge in [-0.15, -0.1) is 0 Å². The number of nitrogens with zero attached hydrogens (tertiary/aromatic N) is 1. The molecule has 98 valence electrons. The lowest BCUT2D eigenvalue weighted by atomic mass is 10.1. The number of unbranched alkanes of at least 4 members (excludes halogenated alkanes) is 9. The quantitative estimate of drug-likeness (QED) is 0.390. The molecular weight excluding hydrogens is 198 g/mol. The van der Waals surface area contributed by atoms with E-state index in [0.29, 0.717) is 0 Å². The molecule has 0 fully saturated rings. The first-order valence-electron chi connectivity index (χ1n) is 7.25. The largest absolute Gasteiger partial charge is 0.314 e. The van der Waals surface area contributed by atoms with E-state index in [9.17, 15) is 5.21 Å². The first kappa shape index (κ1) is 15.9. The standard InChI is InChI=1S/C14H31NO/c1-3-5-6-7-8-9-10-11-12-13-14-15(16)4-2/h16H,3-14H2,1-2H3. The van der Waals surface area contributed by atoms with Crippen molar-refractivity contribution in [1.29, 1.82) is 0 Å². The van der Waals surface area contributed by atoms with E-state index >= 15 is 0 Å². The van der Waals surface area contributed by atoms with E-state index in [1.807, 2.05) is 6.92 Å². The maximum atomic E-state index is 9.21. The SMILES string of the molecule is CCCCCCCCCCCCN(O)CC. The summed E-state index contributed by atoms with van der Waals surface area (Å²) in [6.45, 7) is 5.83. The molecule has 0 rings (SSSR count). The third kappa shape index (κ3) is 12.0. The predicted octanol–water partition coefficient (Wildman–Crippen LogP) is 4.62. The molecule has 0 atom stereocenters. The maximum absolute atomic E-state index is 9.21. The molecule has 0 aliphatic heterocycles.